The van der Waals surface area contributed by atoms with Crippen molar-refractivity contribution in [3.63, 3.8) is 0 Å². The summed E-state index contributed by atoms with van der Waals surface area (Å²) in [6.07, 6.45) is 3.58. The second kappa shape index (κ2) is 4.98. The molecular weight excluding hydrogens is 184 g/mol. The highest BCUT2D eigenvalue weighted by Gasteiger charge is 2.30. The number of carboxylic acids is 1. The van der Waals surface area contributed by atoms with Crippen molar-refractivity contribution in [2.75, 3.05) is 7.11 Å². The van der Waals surface area contributed by atoms with E-state index in [9.17, 15) is 9.59 Å². The summed E-state index contributed by atoms with van der Waals surface area (Å²) in [5, 5.41) is 8.69. The van der Waals surface area contributed by atoms with Gasteiger partial charge >= 0.3 is 11.9 Å². The quantitative estimate of drug-likeness (QED) is 0.682. The minimum absolute atomic E-state index is 0.0336. The minimum atomic E-state index is -0.828. The van der Waals surface area contributed by atoms with E-state index in [1.54, 1.807) is 0 Å². The number of ether oxygens (including phenoxy) is 1. The van der Waals surface area contributed by atoms with E-state index in [1.807, 2.05) is 0 Å². The van der Waals surface area contributed by atoms with E-state index in [4.69, 9.17) is 5.11 Å². The molecule has 0 amide bonds. The lowest BCUT2D eigenvalue weighted by Crippen LogP contribution is -2.26. The molecule has 0 aromatic carbocycles. The van der Waals surface area contributed by atoms with Crippen LogP contribution in [0.4, 0.5) is 0 Å². The predicted molar refractivity (Wildman–Crippen MR) is 49.7 cm³/mol. The Kier molecular flexibility index (Phi) is 3.92. The molecule has 1 fully saturated rings. The first-order valence-electron chi connectivity index (χ1n) is 4.92. The van der Waals surface area contributed by atoms with E-state index in [0.717, 1.165) is 19.3 Å². The van der Waals surface area contributed by atoms with Crippen molar-refractivity contribution >= 4 is 11.9 Å². The molecular formula is C10H16O4. The van der Waals surface area contributed by atoms with Crippen LogP contribution in [0.3, 0.4) is 0 Å². The van der Waals surface area contributed by atoms with Gasteiger partial charge in [0.1, 0.15) is 0 Å². The third-order valence-electron chi connectivity index (χ3n) is 2.91. The molecule has 0 bridgehead atoms. The number of aliphatic carboxylic acids is 1. The van der Waals surface area contributed by atoms with Crippen molar-refractivity contribution in [3.05, 3.63) is 0 Å². The molecule has 0 saturated heterocycles. The number of methoxy groups -OCH3 is 1. The standard InChI is InChI=1S/C10H16O4/c1-14-10(13)6-8(5-9(11)12)7-3-2-4-7/h7-8H,2-6H2,1H3,(H,11,12). The predicted octanol–water partition coefficient (Wildman–Crippen LogP) is 1.44. The van der Waals surface area contributed by atoms with Gasteiger partial charge in [-0.15, -0.1) is 0 Å². The summed E-state index contributed by atoms with van der Waals surface area (Å²) in [4.78, 5) is 21.6. The molecule has 0 spiro atoms. The summed E-state index contributed by atoms with van der Waals surface area (Å²) in [5.41, 5.74) is 0. The first-order chi connectivity index (χ1) is 6.63. The van der Waals surface area contributed by atoms with Crippen LogP contribution in [0.2, 0.25) is 0 Å². The van der Waals surface area contributed by atoms with Gasteiger partial charge in [-0.1, -0.05) is 19.3 Å². The van der Waals surface area contributed by atoms with Crippen LogP contribution < -0.4 is 0 Å². The van der Waals surface area contributed by atoms with Gasteiger partial charge in [-0.2, -0.15) is 0 Å². The van der Waals surface area contributed by atoms with Crippen LogP contribution in [-0.4, -0.2) is 24.2 Å². The van der Waals surface area contributed by atoms with E-state index in [2.05, 4.69) is 4.74 Å². The van der Waals surface area contributed by atoms with Crippen molar-refractivity contribution in [1.29, 1.82) is 0 Å². The monoisotopic (exact) mass is 200 g/mol. The molecule has 0 radical (unpaired) electrons. The Hall–Kier alpha value is -1.06. The lowest BCUT2D eigenvalue weighted by atomic mass is 9.73. The van der Waals surface area contributed by atoms with Crippen molar-refractivity contribution in [2.24, 2.45) is 11.8 Å². The maximum absolute atomic E-state index is 11.0. The number of carbonyl (C=O) groups is 2. The summed E-state index contributed by atoms with van der Waals surface area (Å²) >= 11 is 0. The molecule has 1 atom stereocenters. The Labute approximate surface area is 83.2 Å². The number of esters is 1. The molecule has 1 aliphatic rings. The molecule has 0 aromatic heterocycles. The van der Waals surface area contributed by atoms with Gasteiger partial charge in [0.15, 0.2) is 0 Å². The molecule has 80 valence electrons. The van der Waals surface area contributed by atoms with Gasteiger partial charge in [0.25, 0.3) is 0 Å². The van der Waals surface area contributed by atoms with Gasteiger partial charge in [0.05, 0.1) is 7.11 Å². The van der Waals surface area contributed by atoms with E-state index in [1.165, 1.54) is 7.11 Å². The second-order valence-electron chi connectivity index (χ2n) is 3.83. The first kappa shape index (κ1) is 11.0. The van der Waals surface area contributed by atoms with E-state index >= 15 is 0 Å². The smallest absolute Gasteiger partial charge is 0.305 e. The number of rotatable bonds is 5. The normalized spacial score (nSPS) is 18.4. The molecule has 1 N–H and O–H groups in total. The maximum Gasteiger partial charge on any atom is 0.305 e. The Balaban J connectivity index is 2.43. The molecule has 0 aromatic rings. The van der Waals surface area contributed by atoms with Crippen LogP contribution in [0, 0.1) is 11.8 Å². The number of carboxylic acid groups (broad SMARTS) is 1. The van der Waals surface area contributed by atoms with Crippen molar-refractivity contribution in [2.45, 2.75) is 32.1 Å². The number of carbonyl (C=O) groups excluding carboxylic acids is 1. The molecule has 1 saturated carbocycles. The zero-order valence-electron chi connectivity index (χ0n) is 8.36. The highest BCUT2D eigenvalue weighted by molar-refractivity contribution is 5.72. The van der Waals surface area contributed by atoms with Crippen LogP contribution in [0.1, 0.15) is 32.1 Å². The number of hydrogen-bond donors (Lipinski definition) is 1. The Morgan fingerprint density at radius 1 is 1.43 bits per heavy atom. The van der Waals surface area contributed by atoms with Crippen molar-refractivity contribution < 1.29 is 19.4 Å². The van der Waals surface area contributed by atoms with E-state index in [0.29, 0.717) is 5.92 Å². The lowest BCUT2D eigenvalue weighted by molar-refractivity contribution is -0.144. The lowest BCUT2D eigenvalue weighted by Gasteiger charge is -2.32. The third-order valence-corrected chi connectivity index (χ3v) is 2.91. The highest BCUT2D eigenvalue weighted by atomic mass is 16.5. The molecule has 1 rings (SSSR count). The third kappa shape index (κ3) is 3.01. The SMILES string of the molecule is COC(=O)CC(CC(=O)O)C1CCC1. The van der Waals surface area contributed by atoms with Gasteiger partial charge in [0.2, 0.25) is 0 Å². The fourth-order valence-corrected chi connectivity index (χ4v) is 1.84. The highest BCUT2D eigenvalue weighted by Crippen LogP contribution is 2.37. The fourth-order valence-electron chi connectivity index (χ4n) is 1.84. The van der Waals surface area contributed by atoms with Crippen LogP contribution >= 0.6 is 0 Å². The fraction of sp³-hybridized carbons (Fsp3) is 0.800. The second-order valence-corrected chi connectivity index (χ2v) is 3.83. The Morgan fingerprint density at radius 2 is 2.07 bits per heavy atom. The van der Waals surface area contributed by atoms with Crippen LogP contribution in [0.25, 0.3) is 0 Å². The van der Waals surface area contributed by atoms with Crippen LogP contribution in [0.5, 0.6) is 0 Å². The van der Waals surface area contributed by atoms with Gasteiger partial charge < -0.3 is 9.84 Å². The Bertz CT molecular complexity index is 220. The zero-order chi connectivity index (χ0) is 10.6. The van der Waals surface area contributed by atoms with Crippen molar-refractivity contribution in [3.8, 4) is 0 Å². The average Bonchev–Trinajstić information content (AvgIpc) is 1.99. The Morgan fingerprint density at radius 3 is 2.43 bits per heavy atom. The van der Waals surface area contributed by atoms with Gasteiger partial charge in [-0.3, -0.25) is 9.59 Å². The molecule has 1 aliphatic carbocycles. The summed E-state index contributed by atoms with van der Waals surface area (Å²) in [6, 6.07) is 0. The van der Waals surface area contributed by atoms with Gasteiger partial charge in [0, 0.05) is 12.8 Å². The molecule has 0 heterocycles. The van der Waals surface area contributed by atoms with Crippen LogP contribution in [-0.2, 0) is 14.3 Å². The van der Waals surface area contributed by atoms with Gasteiger partial charge in [-0.05, 0) is 11.8 Å². The summed E-state index contributed by atoms with van der Waals surface area (Å²) in [5.74, 6) is -0.757. The van der Waals surface area contributed by atoms with Gasteiger partial charge in [-0.25, -0.2) is 0 Å². The maximum atomic E-state index is 11.0. The molecule has 1 unspecified atom stereocenters. The molecule has 4 nitrogen and oxygen atoms in total. The zero-order valence-corrected chi connectivity index (χ0v) is 8.36. The topological polar surface area (TPSA) is 63.6 Å². The molecule has 0 aliphatic heterocycles. The van der Waals surface area contributed by atoms with E-state index < -0.39 is 5.97 Å². The summed E-state index contributed by atoms with van der Waals surface area (Å²) in [7, 11) is 1.33. The number of hydrogen-bond acceptors (Lipinski definition) is 3. The van der Waals surface area contributed by atoms with Crippen molar-refractivity contribution in [1.82, 2.24) is 0 Å². The van der Waals surface area contributed by atoms with Crippen LogP contribution in [0.15, 0.2) is 0 Å². The summed E-state index contributed by atoms with van der Waals surface area (Å²) < 4.78 is 4.55. The van der Waals surface area contributed by atoms with E-state index in [-0.39, 0.29) is 24.7 Å². The molecule has 14 heavy (non-hydrogen) atoms. The minimum Gasteiger partial charge on any atom is -0.481 e. The first-order valence-corrected chi connectivity index (χ1v) is 4.92. The average molecular weight is 200 g/mol. The molecule has 4 heteroatoms. The summed E-state index contributed by atoms with van der Waals surface area (Å²) in [6.45, 7) is 0. The largest absolute Gasteiger partial charge is 0.481 e.